The SMILES string of the molecule is O=C([O-])COCC(=O)N=C1S[C@@H]2CS(=O)(=O)C[C@@H]2N1Cc1ccccc1. The minimum Gasteiger partial charge on any atom is -0.548 e. The van der Waals surface area contributed by atoms with Crippen LogP contribution in [0, 0.1) is 0 Å². The molecule has 0 aliphatic carbocycles. The maximum atomic E-state index is 11.9. The van der Waals surface area contributed by atoms with Gasteiger partial charge in [0, 0.05) is 11.8 Å². The highest BCUT2D eigenvalue weighted by Gasteiger charge is 2.48. The molecule has 0 saturated carbocycles. The maximum absolute atomic E-state index is 11.9. The summed E-state index contributed by atoms with van der Waals surface area (Å²) in [5, 5.41) is 10.6. The van der Waals surface area contributed by atoms with Crippen molar-refractivity contribution < 1.29 is 27.9 Å². The van der Waals surface area contributed by atoms with E-state index in [1.807, 2.05) is 35.2 Å². The van der Waals surface area contributed by atoms with Crippen molar-refractivity contribution >= 4 is 38.6 Å². The minimum atomic E-state index is -3.11. The molecular weight excluding hydrogens is 380 g/mol. The number of hydrogen-bond acceptors (Lipinski definition) is 7. The third-order valence-corrected chi connectivity index (χ3v) is 7.28. The van der Waals surface area contributed by atoms with E-state index in [2.05, 4.69) is 4.99 Å². The fraction of sp³-hybridized carbons (Fsp3) is 0.438. The van der Waals surface area contributed by atoms with Gasteiger partial charge in [0.15, 0.2) is 15.0 Å². The van der Waals surface area contributed by atoms with Gasteiger partial charge in [0.1, 0.15) is 6.61 Å². The first kappa shape index (κ1) is 18.9. The van der Waals surface area contributed by atoms with E-state index in [1.165, 1.54) is 11.8 Å². The van der Waals surface area contributed by atoms with Crippen molar-refractivity contribution in [3.05, 3.63) is 35.9 Å². The third kappa shape index (κ3) is 4.63. The van der Waals surface area contributed by atoms with Crippen LogP contribution in [0.4, 0.5) is 0 Å². The van der Waals surface area contributed by atoms with Crippen molar-refractivity contribution in [1.29, 1.82) is 0 Å². The molecule has 0 radical (unpaired) electrons. The van der Waals surface area contributed by atoms with Crippen LogP contribution < -0.4 is 5.11 Å². The lowest BCUT2D eigenvalue weighted by atomic mass is 10.1. The first-order chi connectivity index (χ1) is 12.3. The molecule has 1 amide bonds. The Labute approximate surface area is 155 Å². The Morgan fingerprint density at radius 2 is 1.96 bits per heavy atom. The average Bonchev–Trinajstić information content (AvgIpc) is 3.01. The second kappa shape index (κ2) is 7.77. The summed E-state index contributed by atoms with van der Waals surface area (Å²) in [5.41, 5.74) is 0.978. The summed E-state index contributed by atoms with van der Waals surface area (Å²) in [4.78, 5) is 28.1. The molecule has 8 nitrogen and oxygen atoms in total. The summed E-state index contributed by atoms with van der Waals surface area (Å²) in [5.74, 6) is -1.94. The fourth-order valence-electron chi connectivity index (χ4n) is 2.96. The molecule has 2 heterocycles. The monoisotopic (exact) mass is 397 g/mol. The Morgan fingerprint density at radius 1 is 1.23 bits per heavy atom. The highest BCUT2D eigenvalue weighted by Crippen LogP contribution is 2.38. The van der Waals surface area contributed by atoms with E-state index in [0.717, 1.165) is 5.56 Å². The van der Waals surface area contributed by atoms with Crippen LogP contribution in [0.15, 0.2) is 35.3 Å². The summed E-state index contributed by atoms with van der Waals surface area (Å²) >= 11 is 1.27. The van der Waals surface area contributed by atoms with E-state index >= 15 is 0 Å². The van der Waals surface area contributed by atoms with Crippen LogP contribution >= 0.6 is 11.8 Å². The number of rotatable bonds is 6. The van der Waals surface area contributed by atoms with Gasteiger partial charge in [0.05, 0.1) is 30.1 Å². The number of carboxylic acids is 1. The largest absolute Gasteiger partial charge is 0.548 e. The van der Waals surface area contributed by atoms with Crippen LogP contribution in [-0.4, -0.2) is 66.4 Å². The van der Waals surface area contributed by atoms with E-state index in [1.54, 1.807) is 0 Å². The number of aliphatic imine (C=N–C) groups is 1. The number of hydrogen-bond donors (Lipinski definition) is 0. The van der Waals surface area contributed by atoms with E-state index in [4.69, 9.17) is 4.74 Å². The molecule has 2 aliphatic heterocycles. The highest BCUT2D eigenvalue weighted by molar-refractivity contribution is 8.15. The predicted molar refractivity (Wildman–Crippen MR) is 94.1 cm³/mol. The Hall–Kier alpha value is -1.91. The van der Waals surface area contributed by atoms with Crippen molar-refractivity contribution in [1.82, 2.24) is 4.90 Å². The number of amides is 1. The average molecular weight is 397 g/mol. The Bertz CT molecular complexity index is 824. The van der Waals surface area contributed by atoms with Gasteiger partial charge < -0.3 is 19.5 Å². The van der Waals surface area contributed by atoms with Crippen LogP contribution in [-0.2, 0) is 30.7 Å². The van der Waals surface area contributed by atoms with Crippen LogP contribution in [0.3, 0.4) is 0 Å². The zero-order chi connectivity index (χ0) is 18.7. The van der Waals surface area contributed by atoms with Crippen LogP contribution in [0.25, 0.3) is 0 Å². The molecule has 0 aromatic heterocycles. The summed E-state index contributed by atoms with van der Waals surface area (Å²) in [6, 6.07) is 9.27. The number of carbonyl (C=O) groups is 2. The summed E-state index contributed by atoms with van der Waals surface area (Å²) in [6.07, 6.45) is 0. The smallest absolute Gasteiger partial charge is 0.274 e. The molecule has 0 N–H and O–H groups in total. The predicted octanol–water partition coefficient (Wildman–Crippen LogP) is -0.950. The molecule has 10 heteroatoms. The lowest BCUT2D eigenvalue weighted by molar-refractivity contribution is -0.309. The number of carboxylic acid groups (broad SMARTS) is 1. The molecule has 26 heavy (non-hydrogen) atoms. The second-order valence-electron chi connectivity index (χ2n) is 6.07. The Morgan fingerprint density at radius 3 is 2.65 bits per heavy atom. The molecular formula is C16H17N2O6S2-. The van der Waals surface area contributed by atoms with Gasteiger partial charge in [0.2, 0.25) is 0 Å². The molecule has 0 spiro atoms. The zero-order valence-corrected chi connectivity index (χ0v) is 15.4. The first-order valence-corrected chi connectivity index (χ1v) is 10.6. The van der Waals surface area contributed by atoms with Crippen molar-refractivity contribution in [3.63, 3.8) is 0 Å². The molecule has 2 fully saturated rings. The maximum Gasteiger partial charge on any atom is 0.274 e. The van der Waals surface area contributed by atoms with Crippen LogP contribution in [0.2, 0.25) is 0 Å². The molecule has 3 rings (SSSR count). The number of thioether (sulfide) groups is 1. The number of amidine groups is 1. The van der Waals surface area contributed by atoms with E-state index in [9.17, 15) is 23.1 Å². The standard InChI is InChI=1S/C16H18N2O6S2/c19-14(7-24-8-15(20)21)17-16-18(6-11-4-2-1-3-5-11)12-9-26(22,23)10-13(12)25-16/h1-5,12-13H,6-10H2,(H,20,21)/p-1/t12-,13+/m0/s1. The molecule has 140 valence electrons. The molecule has 1 aromatic rings. The van der Waals surface area contributed by atoms with Crippen molar-refractivity contribution in [3.8, 4) is 0 Å². The summed E-state index contributed by atoms with van der Waals surface area (Å²) in [7, 11) is -3.11. The lowest BCUT2D eigenvalue weighted by Crippen LogP contribution is -2.37. The van der Waals surface area contributed by atoms with Crippen molar-refractivity contribution in [2.24, 2.45) is 4.99 Å². The normalized spacial score (nSPS) is 25.4. The summed E-state index contributed by atoms with van der Waals surface area (Å²) < 4.78 is 28.6. The molecule has 0 unspecified atom stereocenters. The van der Waals surface area contributed by atoms with Crippen molar-refractivity contribution in [2.45, 2.75) is 17.8 Å². The van der Waals surface area contributed by atoms with E-state index in [0.29, 0.717) is 11.7 Å². The number of nitrogens with zero attached hydrogens (tertiary/aromatic N) is 2. The van der Waals surface area contributed by atoms with Gasteiger partial charge in [0.25, 0.3) is 5.91 Å². The quantitative estimate of drug-likeness (QED) is 0.603. The van der Waals surface area contributed by atoms with Crippen LogP contribution in [0.5, 0.6) is 0 Å². The van der Waals surface area contributed by atoms with Crippen molar-refractivity contribution in [2.75, 3.05) is 24.7 Å². The second-order valence-corrected chi connectivity index (χ2v) is 9.43. The van der Waals surface area contributed by atoms with E-state index < -0.39 is 34.9 Å². The molecule has 2 aliphatic rings. The van der Waals surface area contributed by atoms with E-state index in [-0.39, 0.29) is 22.8 Å². The minimum absolute atomic E-state index is 0.0336. The van der Waals surface area contributed by atoms with Gasteiger partial charge in [-0.05, 0) is 5.56 Å². The fourth-order valence-corrected chi connectivity index (χ4v) is 6.93. The number of sulfone groups is 1. The Kier molecular flexibility index (Phi) is 5.64. The first-order valence-electron chi connectivity index (χ1n) is 7.91. The summed E-state index contributed by atoms with van der Waals surface area (Å²) in [6.45, 7) is -0.706. The van der Waals surface area contributed by atoms with Gasteiger partial charge in [-0.15, -0.1) is 0 Å². The highest BCUT2D eigenvalue weighted by atomic mass is 32.2. The van der Waals surface area contributed by atoms with Gasteiger partial charge >= 0.3 is 0 Å². The van der Waals surface area contributed by atoms with Gasteiger partial charge in [-0.2, -0.15) is 4.99 Å². The number of ether oxygens (including phenoxy) is 1. The Balaban J connectivity index is 1.76. The number of benzene rings is 1. The zero-order valence-electron chi connectivity index (χ0n) is 13.7. The lowest BCUT2D eigenvalue weighted by Gasteiger charge is -2.24. The molecule has 2 atom stereocenters. The van der Waals surface area contributed by atoms with Crippen LogP contribution in [0.1, 0.15) is 5.56 Å². The van der Waals surface area contributed by atoms with Gasteiger partial charge in [-0.3, -0.25) is 4.79 Å². The number of fused-ring (bicyclic) bond motifs is 1. The van der Waals surface area contributed by atoms with Gasteiger partial charge in [-0.1, -0.05) is 42.1 Å². The molecule has 2 saturated heterocycles. The topological polar surface area (TPSA) is 116 Å². The number of carbonyl (C=O) groups excluding carboxylic acids is 2. The molecule has 0 bridgehead atoms. The number of aliphatic carboxylic acids is 1. The van der Waals surface area contributed by atoms with Gasteiger partial charge in [-0.25, -0.2) is 8.42 Å². The molecule has 1 aromatic carbocycles. The third-order valence-electron chi connectivity index (χ3n) is 4.04.